The molecule has 0 spiro atoms. The second-order valence-electron chi connectivity index (χ2n) is 4.36. The molecule has 1 unspecified atom stereocenters. The highest BCUT2D eigenvalue weighted by atomic mass is 32.2. The topological polar surface area (TPSA) is 49.3 Å². The number of para-hydroxylation sites is 1. The van der Waals surface area contributed by atoms with Crippen LogP contribution in [0.25, 0.3) is 0 Å². The second-order valence-corrected chi connectivity index (χ2v) is 5.51. The molecule has 1 aliphatic rings. The smallest absolute Gasteiger partial charge is 0.337 e. The van der Waals surface area contributed by atoms with Crippen LogP contribution in [-0.4, -0.2) is 28.6 Å². The highest BCUT2D eigenvalue weighted by molar-refractivity contribution is 7.99. The van der Waals surface area contributed by atoms with E-state index in [1.165, 1.54) is 12.2 Å². The monoisotopic (exact) mass is 251 g/mol. The summed E-state index contributed by atoms with van der Waals surface area (Å²) in [4.78, 5) is 11.2. The summed E-state index contributed by atoms with van der Waals surface area (Å²) in [5, 5.41) is 12.6. The summed E-state index contributed by atoms with van der Waals surface area (Å²) >= 11 is 1.93. The summed E-state index contributed by atoms with van der Waals surface area (Å²) in [6, 6.07) is 5.80. The lowest BCUT2D eigenvalue weighted by Crippen LogP contribution is -2.27. The molecule has 4 heteroatoms. The van der Waals surface area contributed by atoms with Crippen LogP contribution in [-0.2, 0) is 0 Å². The van der Waals surface area contributed by atoms with Gasteiger partial charge in [0, 0.05) is 11.8 Å². The van der Waals surface area contributed by atoms with E-state index in [9.17, 15) is 9.90 Å². The first-order valence-electron chi connectivity index (χ1n) is 5.85. The lowest BCUT2D eigenvalue weighted by molar-refractivity contribution is 0.0698. The van der Waals surface area contributed by atoms with E-state index < -0.39 is 5.97 Å². The molecule has 0 aromatic heterocycles. The maximum atomic E-state index is 11.2. The molecule has 0 aliphatic carbocycles. The molecule has 1 aliphatic heterocycles. The third-order valence-electron chi connectivity index (χ3n) is 3.01. The molecule has 0 amide bonds. The first kappa shape index (κ1) is 12.3. The Morgan fingerprint density at radius 1 is 1.53 bits per heavy atom. The van der Waals surface area contributed by atoms with Gasteiger partial charge >= 0.3 is 5.97 Å². The molecule has 17 heavy (non-hydrogen) atoms. The van der Waals surface area contributed by atoms with Gasteiger partial charge in [0.25, 0.3) is 0 Å². The number of hydrogen-bond donors (Lipinski definition) is 2. The molecule has 2 N–H and O–H groups in total. The standard InChI is InChI=1S/C13H17NO2S/c1-9-4-2-6-11(13(15)16)12(9)14-10-5-3-7-17-8-10/h2,4,6,10,14H,3,5,7-8H2,1H3,(H,15,16). The van der Waals surface area contributed by atoms with E-state index in [2.05, 4.69) is 5.32 Å². The summed E-state index contributed by atoms with van der Waals surface area (Å²) in [5.74, 6) is 1.42. The van der Waals surface area contributed by atoms with Gasteiger partial charge in [0.05, 0.1) is 11.3 Å². The van der Waals surface area contributed by atoms with Gasteiger partial charge in [0.2, 0.25) is 0 Å². The third kappa shape index (κ3) is 2.94. The minimum atomic E-state index is -0.861. The minimum Gasteiger partial charge on any atom is -0.478 e. The fourth-order valence-corrected chi connectivity index (χ4v) is 3.17. The van der Waals surface area contributed by atoms with Crippen molar-refractivity contribution in [1.29, 1.82) is 0 Å². The van der Waals surface area contributed by atoms with E-state index in [4.69, 9.17) is 0 Å². The largest absolute Gasteiger partial charge is 0.478 e. The van der Waals surface area contributed by atoms with E-state index >= 15 is 0 Å². The fraction of sp³-hybridized carbons (Fsp3) is 0.462. The van der Waals surface area contributed by atoms with Crippen LogP contribution in [0.5, 0.6) is 0 Å². The number of benzene rings is 1. The highest BCUT2D eigenvalue weighted by Gasteiger charge is 2.18. The molecule has 1 fully saturated rings. The Balaban J connectivity index is 2.21. The Morgan fingerprint density at radius 3 is 3.00 bits per heavy atom. The Bertz CT molecular complexity index is 414. The van der Waals surface area contributed by atoms with Gasteiger partial charge in [-0.25, -0.2) is 4.79 Å². The Hall–Kier alpha value is -1.16. The maximum absolute atomic E-state index is 11.2. The van der Waals surface area contributed by atoms with E-state index in [1.807, 2.05) is 24.8 Å². The molecular formula is C13H17NO2S. The molecule has 0 bridgehead atoms. The number of carboxylic acids is 1. The Labute approximate surface area is 106 Å². The number of carbonyl (C=O) groups is 1. The van der Waals surface area contributed by atoms with Crippen LogP contribution in [0.4, 0.5) is 5.69 Å². The average molecular weight is 251 g/mol. The van der Waals surface area contributed by atoms with Gasteiger partial charge in [-0.15, -0.1) is 0 Å². The Morgan fingerprint density at radius 2 is 2.35 bits per heavy atom. The number of carboxylic acid groups (broad SMARTS) is 1. The minimum absolute atomic E-state index is 0.376. The molecule has 1 atom stereocenters. The number of hydrogen-bond acceptors (Lipinski definition) is 3. The van der Waals surface area contributed by atoms with Gasteiger partial charge in [-0.3, -0.25) is 0 Å². The molecule has 1 heterocycles. The molecular weight excluding hydrogens is 234 g/mol. The number of aryl methyl sites for hydroxylation is 1. The van der Waals surface area contributed by atoms with Gasteiger partial charge in [-0.2, -0.15) is 11.8 Å². The van der Waals surface area contributed by atoms with Crippen LogP contribution in [0.2, 0.25) is 0 Å². The first-order chi connectivity index (χ1) is 8.18. The summed E-state index contributed by atoms with van der Waals surface area (Å²) in [7, 11) is 0. The van der Waals surface area contributed by atoms with Crippen molar-refractivity contribution in [2.24, 2.45) is 0 Å². The van der Waals surface area contributed by atoms with E-state index in [1.54, 1.807) is 12.1 Å². The zero-order valence-electron chi connectivity index (χ0n) is 9.90. The molecule has 1 aromatic carbocycles. The lowest BCUT2D eigenvalue weighted by Gasteiger charge is -2.25. The van der Waals surface area contributed by atoms with Crippen LogP contribution < -0.4 is 5.32 Å². The maximum Gasteiger partial charge on any atom is 0.337 e. The molecule has 1 aromatic rings. The SMILES string of the molecule is Cc1cccc(C(=O)O)c1NC1CCCSC1. The fourth-order valence-electron chi connectivity index (χ4n) is 2.10. The highest BCUT2D eigenvalue weighted by Crippen LogP contribution is 2.25. The van der Waals surface area contributed by atoms with Crippen molar-refractivity contribution in [3.63, 3.8) is 0 Å². The van der Waals surface area contributed by atoms with Crippen molar-refractivity contribution in [3.05, 3.63) is 29.3 Å². The van der Waals surface area contributed by atoms with Gasteiger partial charge in [-0.05, 0) is 37.1 Å². The zero-order valence-corrected chi connectivity index (χ0v) is 10.7. The lowest BCUT2D eigenvalue weighted by atomic mass is 10.1. The molecule has 92 valence electrons. The summed E-state index contributed by atoms with van der Waals surface area (Å²) < 4.78 is 0. The molecule has 0 radical (unpaired) electrons. The van der Waals surface area contributed by atoms with Crippen molar-refractivity contribution in [3.8, 4) is 0 Å². The third-order valence-corrected chi connectivity index (χ3v) is 4.23. The van der Waals surface area contributed by atoms with Gasteiger partial charge in [0.1, 0.15) is 0 Å². The van der Waals surface area contributed by atoms with Crippen molar-refractivity contribution in [2.75, 3.05) is 16.8 Å². The Kier molecular flexibility index (Phi) is 3.94. The van der Waals surface area contributed by atoms with E-state index in [-0.39, 0.29) is 0 Å². The van der Waals surface area contributed by atoms with Crippen LogP contribution in [0.3, 0.4) is 0 Å². The summed E-state index contributed by atoms with van der Waals surface area (Å²) in [6.07, 6.45) is 2.33. The van der Waals surface area contributed by atoms with Gasteiger partial charge in [-0.1, -0.05) is 12.1 Å². The predicted octanol–water partition coefficient (Wildman–Crippen LogP) is 3.00. The van der Waals surface area contributed by atoms with Crippen LogP contribution >= 0.6 is 11.8 Å². The molecule has 1 saturated heterocycles. The quantitative estimate of drug-likeness (QED) is 0.867. The normalized spacial score (nSPS) is 19.9. The van der Waals surface area contributed by atoms with Crippen LogP contribution in [0, 0.1) is 6.92 Å². The second kappa shape index (κ2) is 5.45. The average Bonchev–Trinajstić information content (AvgIpc) is 2.33. The van der Waals surface area contributed by atoms with Gasteiger partial charge in [0.15, 0.2) is 0 Å². The van der Waals surface area contributed by atoms with Crippen molar-refractivity contribution >= 4 is 23.4 Å². The number of rotatable bonds is 3. The number of nitrogens with one attached hydrogen (secondary N) is 1. The summed E-state index contributed by atoms with van der Waals surface area (Å²) in [5.41, 5.74) is 2.16. The number of thioether (sulfide) groups is 1. The number of anilines is 1. The van der Waals surface area contributed by atoms with Gasteiger partial charge < -0.3 is 10.4 Å². The van der Waals surface area contributed by atoms with E-state index in [0.717, 1.165) is 23.4 Å². The number of aromatic carboxylic acids is 1. The van der Waals surface area contributed by atoms with Crippen LogP contribution in [0.1, 0.15) is 28.8 Å². The van der Waals surface area contributed by atoms with E-state index in [0.29, 0.717) is 11.6 Å². The molecule has 2 rings (SSSR count). The molecule has 0 saturated carbocycles. The van der Waals surface area contributed by atoms with Crippen molar-refractivity contribution in [2.45, 2.75) is 25.8 Å². The molecule has 3 nitrogen and oxygen atoms in total. The van der Waals surface area contributed by atoms with Crippen molar-refractivity contribution in [1.82, 2.24) is 0 Å². The van der Waals surface area contributed by atoms with Crippen molar-refractivity contribution < 1.29 is 9.90 Å². The zero-order chi connectivity index (χ0) is 12.3. The van der Waals surface area contributed by atoms with Crippen LogP contribution in [0.15, 0.2) is 18.2 Å². The summed E-state index contributed by atoms with van der Waals surface area (Å²) in [6.45, 7) is 1.95. The predicted molar refractivity (Wildman–Crippen MR) is 72.1 cm³/mol. The first-order valence-corrected chi connectivity index (χ1v) is 7.01.